The predicted molar refractivity (Wildman–Crippen MR) is 85.2 cm³/mol. The van der Waals surface area contributed by atoms with Crippen molar-refractivity contribution in [1.29, 1.82) is 0 Å². The van der Waals surface area contributed by atoms with Gasteiger partial charge < -0.3 is 5.32 Å². The molecule has 0 bridgehead atoms. The number of rotatable bonds is 4. The number of thiophene rings is 1. The van der Waals surface area contributed by atoms with Crippen molar-refractivity contribution in [1.82, 2.24) is 0 Å². The molecule has 3 heteroatoms. The van der Waals surface area contributed by atoms with Gasteiger partial charge in [-0.15, -0.1) is 0 Å². The van der Waals surface area contributed by atoms with Crippen molar-refractivity contribution < 1.29 is 4.79 Å². The van der Waals surface area contributed by atoms with Gasteiger partial charge in [-0.3, -0.25) is 4.79 Å². The number of nitrogens with one attached hydrogen (secondary N) is 1. The number of anilines is 1. The minimum atomic E-state index is 0.0625. The van der Waals surface area contributed by atoms with Gasteiger partial charge in [0.1, 0.15) is 0 Å². The highest BCUT2D eigenvalue weighted by atomic mass is 32.1. The molecule has 0 unspecified atom stereocenters. The predicted octanol–water partition coefficient (Wildman–Crippen LogP) is 4.47. The van der Waals surface area contributed by atoms with Gasteiger partial charge in [0.2, 0.25) is 5.91 Å². The summed E-state index contributed by atoms with van der Waals surface area (Å²) in [7, 11) is 0. The SMILES string of the molecule is O=C(CCc1ccsc1)Nc1cccc2ccccc12. The first-order chi connectivity index (χ1) is 9.83. The fraction of sp³-hybridized carbons (Fsp3) is 0.118. The molecular formula is C17H15NOS. The van der Waals surface area contributed by atoms with Crippen molar-refractivity contribution in [3.63, 3.8) is 0 Å². The van der Waals surface area contributed by atoms with E-state index in [0.29, 0.717) is 6.42 Å². The lowest BCUT2D eigenvalue weighted by molar-refractivity contribution is -0.116. The number of aryl methyl sites for hydroxylation is 1. The zero-order valence-electron chi connectivity index (χ0n) is 11.0. The lowest BCUT2D eigenvalue weighted by atomic mass is 10.1. The summed E-state index contributed by atoms with van der Waals surface area (Å²) in [5, 5.41) is 9.36. The maximum absolute atomic E-state index is 12.0. The van der Waals surface area contributed by atoms with Crippen LogP contribution in [0, 0.1) is 0 Å². The van der Waals surface area contributed by atoms with Crippen molar-refractivity contribution >= 4 is 33.7 Å². The molecule has 1 heterocycles. The zero-order chi connectivity index (χ0) is 13.8. The molecule has 0 radical (unpaired) electrons. The number of hydrogen-bond donors (Lipinski definition) is 1. The normalized spacial score (nSPS) is 10.6. The van der Waals surface area contributed by atoms with Crippen LogP contribution < -0.4 is 5.32 Å². The van der Waals surface area contributed by atoms with Crippen LogP contribution >= 0.6 is 11.3 Å². The minimum absolute atomic E-state index is 0.0625. The smallest absolute Gasteiger partial charge is 0.224 e. The Labute approximate surface area is 122 Å². The van der Waals surface area contributed by atoms with Crippen LogP contribution in [-0.2, 0) is 11.2 Å². The second kappa shape index (κ2) is 5.88. The summed E-state index contributed by atoms with van der Waals surface area (Å²) in [4.78, 5) is 12.0. The summed E-state index contributed by atoms with van der Waals surface area (Å²) >= 11 is 1.67. The van der Waals surface area contributed by atoms with E-state index < -0.39 is 0 Å². The van der Waals surface area contributed by atoms with Gasteiger partial charge in [-0.1, -0.05) is 36.4 Å². The van der Waals surface area contributed by atoms with Crippen LogP contribution in [-0.4, -0.2) is 5.91 Å². The fourth-order valence-corrected chi connectivity index (χ4v) is 2.94. The van der Waals surface area contributed by atoms with Gasteiger partial charge in [0.05, 0.1) is 0 Å². The average Bonchev–Trinajstić information content (AvgIpc) is 2.99. The minimum Gasteiger partial charge on any atom is -0.326 e. The van der Waals surface area contributed by atoms with Gasteiger partial charge in [0.25, 0.3) is 0 Å². The first kappa shape index (κ1) is 12.9. The van der Waals surface area contributed by atoms with Crippen molar-refractivity contribution in [3.05, 3.63) is 64.9 Å². The molecule has 0 aliphatic carbocycles. The van der Waals surface area contributed by atoms with Crippen molar-refractivity contribution in [2.75, 3.05) is 5.32 Å². The fourth-order valence-electron chi connectivity index (χ4n) is 2.24. The van der Waals surface area contributed by atoms with Gasteiger partial charge in [-0.05, 0) is 40.3 Å². The highest BCUT2D eigenvalue weighted by Crippen LogP contribution is 2.23. The standard InChI is InChI=1S/C17H15NOS/c19-17(9-8-13-10-11-20-12-13)18-16-7-3-5-14-4-1-2-6-15(14)16/h1-7,10-12H,8-9H2,(H,18,19). The molecular weight excluding hydrogens is 266 g/mol. The molecule has 0 aliphatic heterocycles. The number of carbonyl (C=O) groups excluding carboxylic acids is 1. The maximum atomic E-state index is 12.0. The molecule has 1 aromatic heterocycles. The Hall–Kier alpha value is -2.13. The van der Waals surface area contributed by atoms with E-state index in [9.17, 15) is 4.79 Å². The third-order valence-electron chi connectivity index (χ3n) is 3.28. The Balaban J connectivity index is 1.71. The molecule has 2 aromatic carbocycles. The molecule has 1 amide bonds. The van der Waals surface area contributed by atoms with Crippen molar-refractivity contribution in [2.45, 2.75) is 12.8 Å². The molecule has 0 fully saturated rings. The van der Waals surface area contributed by atoms with Crippen LogP contribution in [0.1, 0.15) is 12.0 Å². The maximum Gasteiger partial charge on any atom is 0.224 e. The van der Waals surface area contributed by atoms with Crippen LogP contribution in [0.15, 0.2) is 59.3 Å². The molecule has 0 saturated carbocycles. The van der Waals surface area contributed by atoms with Crippen molar-refractivity contribution in [2.24, 2.45) is 0 Å². The van der Waals surface area contributed by atoms with Crippen LogP contribution in [0.4, 0.5) is 5.69 Å². The summed E-state index contributed by atoms with van der Waals surface area (Å²) in [5.74, 6) is 0.0625. The quantitative estimate of drug-likeness (QED) is 0.751. The third-order valence-corrected chi connectivity index (χ3v) is 4.02. The van der Waals surface area contributed by atoms with Gasteiger partial charge in [0, 0.05) is 17.5 Å². The topological polar surface area (TPSA) is 29.1 Å². The molecule has 2 nitrogen and oxygen atoms in total. The Bertz CT molecular complexity index is 713. The van der Waals surface area contributed by atoms with E-state index in [1.807, 2.05) is 35.7 Å². The van der Waals surface area contributed by atoms with Gasteiger partial charge >= 0.3 is 0 Å². The Morgan fingerprint density at radius 2 is 1.90 bits per heavy atom. The van der Waals surface area contributed by atoms with Crippen LogP contribution in [0.25, 0.3) is 10.8 Å². The summed E-state index contributed by atoms with van der Waals surface area (Å²) in [5.41, 5.74) is 2.11. The molecule has 0 saturated heterocycles. The number of carbonyl (C=O) groups is 1. The molecule has 0 atom stereocenters. The summed E-state index contributed by atoms with van der Waals surface area (Å²) in [6.45, 7) is 0. The third kappa shape index (κ3) is 2.89. The lowest BCUT2D eigenvalue weighted by Crippen LogP contribution is -2.12. The molecule has 0 spiro atoms. The summed E-state index contributed by atoms with van der Waals surface area (Å²) < 4.78 is 0. The summed E-state index contributed by atoms with van der Waals surface area (Å²) in [6.07, 6.45) is 1.31. The lowest BCUT2D eigenvalue weighted by Gasteiger charge is -2.08. The highest BCUT2D eigenvalue weighted by molar-refractivity contribution is 7.07. The van der Waals surface area contributed by atoms with E-state index in [2.05, 4.69) is 28.9 Å². The number of benzene rings is 2. The van der Waals surface area contributed by atoms with Crippen molar-refractivity contribution in [3.8, 4) is 0 Å². The van der Waals surface area contributed by atoms with E-state index in [-0.39, 0.29) is 5.91 Å². The second-order valence-electron chi connectivity index (χ2n) is 4.71. The van der Waals surface area contributed by atoms with E-state index in [1.165, 1.54) is 5.56 Å². The highest BCUT2D eigenvalue weighted by Gasteiger charge is 2.06. The number of fused-ring (bicyclic) bond motifs is 1. The van der Waals surface area contributed by atoms with E-state index in [0.717, 1.165) is 22.9 Å². The molecule has 100 valence electrons. The average molecular weight is 281 g/mol. The monoisotopic (exact) mass is 281 g/mol. The Kier molecular flexibility index (Phi) is 3.79. The Morgan fingerprint density at radius 1 is 1.05 bits per heavy atom. The molecule has 20 heavy (non-hydrogen) atoms. The largest absolute Gasteiger partial charge is 0.326 e. The van der Waals surface area contributed by atoms with E-state index in [1.54, 1.807) is 11.3 Å². The van der Waals surface area contributed by atoms with Crippen LogP contribution in [0.2, 0.25) is 0 Å². The molecule has 0 aliphatic rings. The molecule has 3 rings (SSSR count). The van der Waals surface area contributed by atoms with E-state index >= 15 is 0 Å². The first-order valence-electron chi connectivity index (χ1n) is 6.61. The van der Waals surface area contributed by atoms with E-state index in [4.69, 9.17) is 0 Å². The first-order valence-corrected chi connectivity index (χ1v) is 7.56. The van der Waals surface area contributed by atoms with Crippen LogP contribution in [0.3, 0.4) is 0 Å². The number of hydrogen-bond acceptors (Lipinski definition) is 2. The van der Waals surface area contributed by atoms with Crippen LogP contribution in [0.5, 0.6) is 0 Å². The van der Waals surface area contributed by atoms with Gasteiger partial charge in [-0.2, -0.15) is 11.3 Å². The Morgan fingerprint density at radius 3 is 2.75 bits per heavy atom. The van der Waals surface area contributed by atoms with Gasteiger partial charge in [-0.25, -0.2) is 0 Å². The molecule has 3 aromatic rings. The second-order valence-corrected chi connectivity index (χ2v) is 5.49. The molecule has 1 N–H and O–H groups in total. The zero-order valence-corrected chi connectivity index (χ0v) is 11.8. The number of amides is 1. The van der Waals surface area contributed by atoms with Gasteiger partial charge in [0.15, 0.2) is 0 Å². The summed E-state index contributed by atoms with van der Waals surface area (Å²) in [6, 6.07) is 16.1.